The summed E-state index contributed by atoms with van der Waals surface area (Å²) in [5.74, 6) is 1.64. The van der Waals surface area contributed by atoms with Gasteiger partial charge in [0.25, 0.3) is 0 Å². The van der Waals surface area contributed by atoms with Crippen molar-refractivity contribution in [2.45, 2.75) is 46.1 Å². The Morgan fingerprint density at radius 1 is 1.05 bits per heavy atom. The van der Waals surface area contributed by atoms with Gasteiger partial charge in [-0.25, -0.2) is 4.98 Å². The van der Waals surface area contributed by atoms with Crippen molar-refractivity contribution < 1.29 is 0 Å². The van der Waals surface area contributed by atoms with Crippen molar-refractivity contribution in [3.05, 3.63) is 24.3 Å². The van der Waals surface area contributed by atoms with Crippen LogP contribution < -0.4 is 10.6 Å². The van der Waals surface area contributed by atoms with E-state index in [1.54, 1.807) is 0 Å². The molecule has 1 aromatic carbocycles. The standard InChI is InChI=1S/C16H24N4/c1-4-11-17-16-19-14-10-8-7-9-13(14)15(20-16)18-12(5-2)6-3/h7-10,12H,4-6,11H2,1-3H3,(H2,17,18,19,20). The van der Waals surface area contributed by atoms with Crippen molar-refractivity contribution in [3.8, 4) is 0 Å². The van der Waals surface area contributed by atoms with Gasteiger partial charge in [0.05, 0.1) is 5.52 Å². The lowest BCUT2D eigenvalue weighted by molar-refractivity contribution is 0.669. The molecule has 0 aliphatic rings. The maximum Gasteiger partial charge on any atom is 0.225 e. The number of aromatic nitrogens is 2. The average Bonchev–Trinajstić information content (AvgIpc) is 2.50. The van der Waals surface area contributed by atoms with E-state index in [9.17, 15) is 0 Å². The predicted molar refractivity (Wildman–Crippen MR) is 86.3 cm³/mol. The molecule has 0 bridgehead atoms. The minimum Gasteiger partial charge on any atom is -0.367 e. The highest BCUT2D eigenvalue weighted by Crippen LogP contribution is 2.23. The zero-order chi connectivity index (χ0) is 14.4. The minimum absolute atomic E-state index is 0.451. The Morgan fingerprint density at radius 3 is 2.50 bits per heavy atom. The highest BCUT2D eigenvalue weighted by molar-refractivity contribution is 5.90. The van der Waals surface area contributed by atoms with Gasteiger partial charge in [0.1, 0.15) is 5.82 Å². The summed E-state index contributed by atoms with van der Waals surface area (Å²) in [4.78, 5) is 9.21. The van der Waals surface area contributed by atoms with E-state index in [0.717, 1.165) is 42.5 Å². The Labute approximate surface area is 121 Å². The van der Waals surface area contributed by atoms with Crippen molar-refractivity contribution in [2.75, 3.05) is 17.2 Å². The summed E-state index contributed by atoms with van der Waals surface area (Å²) >= 11 is 0. The van der Waals surface area contributed by atoms with Crippen LogP contribution in [0, 0.1) is 0 Å². The number of anilines is 2. The van der Waals surface area contributed by atoms with Crippen LogP contribution in [-0.2, 0) is 0 Å². The molecule has 2 aromatic rings. The van der Waals surface area contributed by atoms with Crippen LogP contribution in [-0.4, -0.2) is 22.6 Å². The van der Waals surface area contributed by atoms with Gasteiger partial charge in [0.15, 0.2) is 0 Å². The van der Waals surface area contributed by atoms with Crippen LogP contribution in [0.25, 0.3) is 10.9 Å². The third-order valence-corrected chi connectivity index (χ3v) is 3.46. The molecule has 4 heteroatoms. The van der Waals surface area contributed by atoms with E-state index in [1.807, 2.05) is 18.2 Å². The highest BCUT2D eigenvalue weighted by atomic mass is 15.1. The molecule has 0 amide bonds. The summed E-state index contributed by atoms with van der Waals surface area (Å²) in [6.07, 6.45) is 3.24. The van der Waals surface area contributed by atoms with Crippen molar-refractivity contribution >= 4 is 22.7 Å². The molecule has 0 atom stereocenters. The smallest absolute Gasteiger partial charge is 0.225 e. The molecule has 2 rings (SSSR count). The number of nitrogens with zero attached hydrogens (tertiary/aromatic N) is 2. The van der Waals surface area contributed by atoms with Crippen LogP contribution in [0.4, 0.5) is 11.8 Å². The molecule has 4 nitrogen and oxygen atoms in total. The molecular weight excluding hydrogens is 248 g/mol. The van der Waals surface area contributed by atoms with E-state index in [1.165, 1.54) is 0 Å². The summed E-state index contributed by atoms with van der Waals surface area (Å²) < 4.78 is 0. The van der Waals surface area contributed by atoms with Gasteiger partial charge in [-0.3, -0.25) is 0 Å². The molecule has 0 radical (unpaired) electrons. The average molecular weight is 272 g/mol. The molecule has 0 aliphatic carbocycles. The van der Waals surface area contributed by atoms with E-state index < -0.39 is 0 Å². The summed E-state index contributed by atoms with van der Waals surface area (Å²) in [6, 6.07) is 8.60. The van der Waals surface area contributed by atoms with E-state index in [-0.39, 0.29) is 0 Å². The lowest BCUT2D eigenvalue weighted by Crippen LogP contribution is -2.19. The van der Waals surface area contributed by atoms with E-state index in [2.05, 4.69) is 47.4 Å². The first kappa shape index (κ1) is 14.6. The Hall–Kier alpha value is -1.84. The molecule has 0 saturated carbocycles. The summed E-state index contributed by atoms with van der Waals surface area (Å²) in [5, 5.41) is 7.91. The third kappa shape index (κ3) is 3.38. The first-order chi connectivity index (χ1) is 9.78. The van der Waals surface area contributed by atoms with Gasteiger partial charge in [-0.15, -0.1) is 0 Å². The summed E-state index contributed by atoms with van der Waals surface area (Å²) in [5.41, 5.74) is 0.981. The zero-order valence-corrected chi connectivity index (χ0v) is 12.6. The van der Waals surface area contributed by atoms with E-state index in [0.29, 0.717) is 12.0 Å². The molecule has 108 valence electrons. The molecule has 0 unspecified atom stereocenters. The van der Waals surface area contributed by atoms with Gasteiger partial charge in [-0.05, 0) is 31.4 Å². The second-order valence-corrected chi connectivity index (χ2v) is 5.00. The molecular formula is C16H24N4. The van der Waals surface area contributed by atoms with Crippen LogP contribution in [0.15, 0.2) is 24.3 Å². The SMILES string of the molecule is CCCNc1nc(NC(CC)CC)c2ccccc2n1. The molecule has 20 heavy (non-hydrogen) atoms. The van der Waals surface area contributed by atoms with E-state index >= 15 is 0 Å². The normalized spacial score (nSPS) is 11.0. The Morgan fingerprint density at radius 2 is 1.80 bits per heavy atom. The zero-order valence-electron chi connectivity index (χ0n) is 12.6. The second kappa shape index (κ2) is 7.08. The van der Waals surface area contributed by atoms with Gasteiger partial charge in [0.2, 0.25) is 5.95 Å². The number of para-hydroxylation sites is 1. The monoisotopic (exact) mass is 272 g/mol. The quantitative estimate of drug-likeness (QED) is 0.798. The van der Waals surface area contributed by atoms with E-state index in [4.69, 9.17) is 0 Å². The van der Waals surface area contributed by atoms with Crippen molar-refractivity contribution in [3.63, 3.8) is 0 Å². The first-order valence-electron chi connectivity index (χ1n) is 7.55. The number of hydrogen-bond donors (Lipinski definition) is 2. The highest BCUT2D eigenvalue weighted by Gasteiger charge is 2.10. The Kier molecular flexibility index (Phi) is 5.16. The first-order valence-corrected chi connectivity index (χ1v) is 7.55. The maximum absolute atomic E-state index is 4.64. The maximum atomic E-state index is 4.64. The minimum atomic E-state index is 0.451. The Bertz CT molecular complexity index is 549. The van der Waals surface area contributed by atoms with Crippen molar-refractivity contribution in [2.24, 2.45) is 0 Å². The molecule has 1 heterocycles. The molecule has 0 spiro atoms. The van der Waals surface area contributed by atoms with Gasteiger partial charge < -0.3 is 10.6 Å². The lowest BCUT2D eigenvalue weighted by atomic mass is 10.1. The van der Waals surface area contributed by atoms with Crippen LogP contribution in [0.5, 0.6) is 0 Å². The number of fused-ring (bicyclic) bond motifs is 1. The van der Waals surface area contributed by atoms with Crippen LogP contribution in [0.1, 0.15) is 40.0 Å². The van der Waals surface area contributed by atoms with Crippen LogP contribution in [0.2, 0.25) is 0 Å². The third-order valence-electron chi connectivity index (χ3n) is 3.46. The number of rotatable bonds is 7. The molecule has 2 N–H and O–H groups in total. The molecule has 0 fully saturated rings. The summed E-state index contributed by atoms with van der Waals surface area (Å²) in [7, 11) is 0. The number of hydrogen-bond acceptors (Lipinski definition) is 4. The van der Waals surface area contributed by atoms with Crippen molar-refractivity contribution in [1.82, 2.24) is 9.97 Å². The number of benzene rings is 1. The number of nitrogens with one attached hydrogen (secondary N) is 2. The van der Waals surface area contributed by atoms with Crippen molar-refractivity contribution in [1.29, 1.82) is 0 Å². The topological polar surface area (TPSA) is 49.8 Å². The fourth-order valence-corrected chi connectivity index (χ4v) is 2.19. The van der Waals surface area contributed by atoms with Crippen LogP contribution in [0.3, 0.4) is 0 Å². The fraction of sp³-hybridized carbons (Fsp3) is 0.500. The van der Waals surface area contributed by atoms with Gasteiger partial charge in [0, 0.05) is 18.0 Å². The summed E-state index contributed by atoms with van der Waals surface area (Å²) in [6.45, 7) is 7.42. The predicted octanol–water partition coefficient (Wildman–Crippen LogP) is 4.05. The fourth-order valence-electron chi connectivity index (χ4n) is 2.19. The van der Waals surface area contributed by atoms with Crippen LogP contribution >= 0.6 is 0 Å². The molecule has 0 saturated heterocycles. The second-order valence-electron chi connectivity index (χ2n) is 5.00. The lowest BCUT2D eigenvalue weighted by Gasteiger charge is -2.17. The van der Waals surface area contributed by atoms with Gasteiger partial charge in [-0.2, -0.15) is 4.98 Å². The largest absolute Gasteiger partial charge is 0.367 e. The molecule has 0 aliphatic heterocycles. The molecule has 1 aromatic heterocycles. The van der Waals surface area contributed by atoms with Gasteiger partial charge >= 0.3 is 0 Å². The van der Waals surface area contributed by atoms with Gasteiger partial charge in [-0.1, -0.05) is 32.9 Å². The Balaban J connectivity index is 2.38.